The van der Waals surface area contributed by atoms with Gasteiger partial charge >= 0.3 is 12.3 Å². The van der Waals surface area contributed by atoms with Crippen LogP contribution in [0.4, 0.5) is 13.2 Å². The smallest absolute Gasteiger partial charge is 0.480 e. The Morgan fingerprint density at radius 1 is 1.47 bits per heavy atom. The summed E-state index contributed by atoms with van der Waals surface area (Å²) in [6.07, 6.45) is -4.37. The highest BCUT2D eigenvalue weighted by Crippen LogP contribution is 2.16. The van der Waals surface area contributed by atoms with Crippen molar-refractivity contribution in [3.05, 3.63) is 0 Å². The molecule has 0 saturated carbocycles. The second-order valence-corrected chi connectivity index (χ2v) is 3.86. The third-order valence-electron chi connectivity index (χ3n) is 1.38. The predicted molar refractivity (Wildman–Crippen MR) is 49.6 cm³/mol. The minimum absolute atomic E-state index is 0.159. The number of hydrogen-bond donors (Lipinski definition) is 2. The van der Waals surface area contributed by atoms with Gasteiger partial charge in [0.05, 0.1) is 6.61 Å². The van der Waals surface area contributed by atoms with Crippen molar-refractivity contribution in [2.45, 2.75) is 18.8 Å². The van der Waals surface area contributed by atoms with Crippen LogP contribution in [0.3, 0.4) is 0 Å². The molecule has 0 aliphatic rings. The highest BCUT2D eigenvalue weighted by Gasteiger charge is 2.28. The minimum atomic E-state index is -4.60. The van der Waals surface area contributed by atoms with Crippen molar-refractivity contribution in [1.29, 1.82) is 0 Å². The van der Waals surface area contributed by atoms with Crippen LogP contribution < -0.4 is 5.73 Å². The fourth-order valence-electron chi connectivity index (χ4n) is 0.652. The summed E-state index contributed by atoms with van der Waals surface area (Å²) in [5, 5.41) is 8.38. The van der Waals surface area contributed by atoms with Crippen LogP contribution in [0.5, 0.6) is 0 Å². The first kappa shape index (κ1) is 14.5. The monoisotopic (exact) mass is 247 g/mol. The van der Waals surface area contributed by atoms with E-state index in [1.54, 1.807) is 0 Å². The van der Waals surface area contributed by atoms with Gasteiger partial charge in [0.25, 0.3) is 0 Å². The van der Waals surface area contributed by atoms with Gasteiger partial charge in [0, 0.05) is 5.75 Å². The number of halogens is 3. The Balaban J connectivity index is 3.29. The topological polar surface area (TPSA) is 72.5 Å². The molecule has 1 unspecified atom stereocenters. The molecule has 0 saturated heterocycles. The van der Waals surface area contributed by atoms with E-state index >= 15 is 0 Å². The maximum absolute atomic E-state index is 11.5. The number of alkyl halides is 3. The van der Waals surface area contributed by atoms with E-state index < -0.39 is 25.0 Å². The Morgan fingerprint density at radius 2 is 2.07 bits per heavy atom. The first-order chi connectivity index (χ1) is 6.83. The Morgan fingerprint density at radius 3 is 2.53 bits per heavy atom. The number of carboxylic acid groups (broad SMARTS) is 1. The molecule has 8 heteroatoms. The van der Waals surface area contributed by atoms with Crippen molar-refractivity contribution in [1.82, 2.24) is 0 Å². The molecule has 0 aliphatic carbocycles. The Labute approximate surface area is 89.0 Å². The van der Waals surface area contributed by atoms with Gasteiger partial charge < -0.3 is 10.8 Å². The van der Waals surface area contributed by atoms with E-state index in [1.807, 2.05) is 0 Å². The van der Waals surface area contributed by atoms with Crippen molar-refractivity contribution in [2.24, 2.45) is 5.73 Å². The van der Waals surface area contributed by atoms with Crippen LogP contribution in [0.1, 0.15) is 6.42 Å². The van der Waals surface area contributed by atoms with Crippen LogP contribution in [-0.4, -0.2) is 41.6 Å². The van der Waals surface area contributed by atoms with E-state index in [0.717, 1.165) is 0 Å². The number of hydrogen-bond acceptors (Lipinski definition) is 4. The van der Waals surface area contributed by atoms with E-state index in [9.17, 15) is 18.0 Å². The standard InChI is InChI=1S/C7H12F3NO3S/c8-7(9,10)14-2-4-15-3-1-5(11)6(12)13/h5H,1-4,11H2,(H,12,13). The summed E-state index contributed by atoms with van der Waals surface area (Å²) in [5.41, 5.74) is 5.18. The number of rotatable bonds is 7. The Kier molecular flexibility index (Phi) is 6.70. The molecule has 4 nitrogen and oxygen atoms in total. The normalized spacial score (nSPS) is 13.9. The molecule has 0 radical (unpaired) electrons. The number of nitrogens with two attached hydrogens (primary N) is 1. The molecule has 0 aliphatic heterocycles. The molecule has 15 heavy (non-hydrogen) atoms. The van der Waals surface area contributed by atoms with Crippen LogP contribution >= 0.6 is 11.8 Å². The van der Waals surface area contributed by atoms with Crippen molar-refractivity contribution in [3.63, 3.8) is 0 Å². The summed E-state index contributed by atoms with van der Waals surface area (Å²) in [4.78, 5) is 10.2. The lowest BCUT2D eigenvalue weighted by atomic mass is 10.2. The zero-order chi connectivity index (χ0) is 11.9. The van der Waals surface area contributed by atoms with Gasteiger partial charge in [-0.05, 0) is 12.2 Å². The molecule has 3 N–H and O–H groups in total. The zero-order valence-corrected chi connectivity index (χ0v) is 8.61. The Bertz CT molecular complexity index is 200. The molecular formula is C7H12F3NO3S. The lowest BCUT2D eigenvalue weighted by Gasteiger charge is -2.07. The fraction of sp³-hybridized carbons (Fsp3) is 0.857. The van der Waals surface area contributed by atoms with Crippen LogP contribution in [0.15, 0.2) is 0 Å². The lowest BCUT2D eigenvalue weighted by molar-refractivity contribution is -0.322. The van der Waals surface area contributed by atoms with Crippen molar-refractivity contribution in [3.8, 4) is 0 Å². The van der Waals surface area contributed by atoms with E-state index in [-0.39, 0.29) is 12.2 Å². The zero-order valence-electron chi connectivity index (χ0n) is 7.79. The molecule has 0 spiro atoms. The summed E-state index contributed by atoms with van der Waals surface area (Å²) < 4.78 is 37.9. The summed E-state index contributed by atoms with van der Waals surface area (Å²) in [6, 6.07) is -0.957. The fourth-order valence-corrected chi connectivity index (χ4v) is 1.48. The number of thioether (sulfide) groups is 1. The van der Waals surface area contributed by atoms with Crippen molar-refractivity contribution in [2.75, 3.05) is 18.1 Å². The van der Waals surface area contributed by atoms with Crippen LogP contribution in [0.25, 0.3) is 0 Å². The molecule has 0 aromatic rings. The first-order valence-corrected chi connectivity index (χ1v) is 5.25. The number of carboxylic acids is 1. The average molecular weight is 247 g/mol. The molecule has 1 atom stereocenters. The molecule has 0 fully saturated rings. The number of aliphatic carboxylic acids is 1. The maximum Gasteiger partial charge on any atom is 0.522 e. The third kappa shape index (κ3) is 9.83. The third-order valence-corrected chi connectivity index (χ3v) is 2.36. The predicted octanol–water partition coefficient (Wildman–Crippen LogP) is 1.06. The van der Waals surface area contributed by atoms with E-state index in [0.29, 0.717) is 5.75 Å². The van der Waals surface area contributed by atoms with Gasteiger partial charge in [0.1, 0.15) is 6.04 Å². The van der Waals surface area contributed by atoms with Crippen molar-refractivity contribution < 1.29 is 27.8 Å². The second kappa shape index (κ2) is 6.91. The summed E-state index contributed by atoms with van der Waals surface area (Å²) in [7, 11) is 0. The SMILES string of the molecule is NC(CCSCCOC(F)(F)F)C(=O)O. The molecule has 90 valence electrons. The summed E-state index contributed by atoms with van der Waals surface area (Å²) in [6.45, 7) is -0.434. The lowest BCUT2D eigenvalue weighted by Crippen LogP contribution is -2.30. The van der Waals surface area contributed by atoms with Gasteiger partial charge in [0.2, 0.25) is 0 Å². The molecule has 0 aromatic heterocycles. The van der Waals surface area contributed by atoms with E-state index in [1.165, 1.54) is 11.8 Å². The summed E-state index contributed by atoms with van der Waals surface area (Å²) >= 11 is 1.17. The van der Waals surface area contributed by atoms with Crippen LogP contribution in [-0.2, 0) is 9.53 Å². The van der Waals surface area contributed by atoms with Crippen molar-refractivity contribution >= 4 is 17.7 Å². The average Bonchev–Trinajstić information content (AvgIpc) is 2.08. The highest BCUT2D eigenvalue weighted by molar-refractivity contribution is 7.99. The van der Waals surface area contributed by atoms with E-state index in [4.69, 9.17) is 10.8 Å². The second-order valence-electron chi connectivity index (χ2n) is 2.64. The van der Waals surface area contributed by atoms with Crippen LogP contribution in [0, 0.1) is 0 Å². The van der Waals surface area contributed by atoms with Gasteiger partial charge in [-0.1, -0.05) is 0 Å². The van der Waals surface area contributed by atoms with E-state index in [2.05, 4.69) is 4.74 Å². The Hall–Kier alpha value is -0.470. The first-order valence-electron chi connectivity index (χ1n) is 4.10. The molecule has 0 bridgehead atoms. The van der Waals surface area contributed by atoms with Crippen LogP contribution in [0.2, 0.25) is 0 Å². The maximum atomic E-state index is 11.5. The molecule has 0 heterocycles. The van der Waals surface area contributed by atoms with Gasteiger partial charge in [-0.15, -0.1) is 13.2 Å². The number of ether oxygens (including phenoxy) is 1. The number of carbonyl (C=O) groups is 1. The largest absolute Gasteiger partial charge is 0.522 e. The van der Waals surface area contributed by atoms with Gasteiger partial charge in [-0.3, -0.25) is 9.53 Å². The molecule has 0 rings (SSSR count). The highest BCUT2D eigenvalue weighted by atomic mass is 32.2. The summed E-state index contributed by atoms with van der Waals surface area (Å²) in [5.74, 6) is -0.553. The van der Waals surface area contributed by atoms with Gasteiger partial charge in [-0.2, -0.15) is 11.8 Å². The molecule has 0 aromatic carbocycles. The minimum Gasteiger partial charge on any atom is -0.480 e. The molecular weight excluding hydrogens is 235 g/mol. The molecule has 0 amide bonds. The van der Waals surface area contributed by atoms with Gasteiger partial charge in [0.15, 0.2) is 0 Å². The van der Waals surface area contributed by atoms with Gasteiger partial charge in [-0.25, -0.2) is 0 Å². The quantitative estimate of drug-likeness (QED) is 0.658.